The molecule has 0 bridgehead atoms. The second kappa shape index (κ2) is 9.17. The lowest BCUT2D eigenvalue weighted by Gasteiger charge is -2.12. The summed E-state index contributed by atoms with van der Waals surface area (Å²) in [6.45, 7) is 4.55. The summed E-state index contributed by atoms with van der Waals surface area (Å²) in [7, 11) is 0. The van der Waals surface area contributed by atoms with E-state index >= 15 is 0 Å². The molecule has 2 heterocycles. The Morgan fingerprint density at radius 1 is 0.935 bits per heavy atom. The second-order valence-electron chi connectivity index (χ2n) is 6.97. The maximum Gasteiger partial charge on any atom is 0.259 e. The molecule has 6 heteroatoms. The first-order chi connectivity index (χ1) is 15.1. The number of ether oxygens (including phenoxy) is 1. The summed E-state index contributed by atoms with van der Waals surface area (Å²) in [6.07, 6.45) is 4.93. The first-order valence-corrected chi connectivity index (χ1v) is 10.0. The molecule has 2 aromatic carbocycles. The topological polar surface area (TPSA) is 77.0 Å². The van der Waals surface area contributed by atoms with Crippen molar-refractivity contribution in [3.8, 4) is 28.4 Å². The molecule has 0 saturated heterocycles. The Kier molecular flexibility index (Phi) is 5.98. The van der Waals surface area contributed by atoms with E-state index in [4.69, 9.17) is 9.72 Å². The molecular weight excluding hydrogens is 388 g/mol. The van der Waals surface area contributed by atoms with Crippen LogP contribution < -0.4 is 10.1 Å². The molecule has 0 fully saturated rings. The molecular formula is C25H22N4O2. The van der Waals surface area contributed by atoms with Crippen LogP contribution in [-0.4, -0.2) is 27.5 Å². The van der Waals surface area contributed by atoms with E-state index in [-0.39, 0.29) is 5.91 Å². The zero-order valence-corrected chi connectivity index (χ0v) is 17.4. The van der Waals surface area contributed by atoms with Gasteiger partial charge in [0.15, 0.2) is 5.82 Å². The highest BCUT2D eigenvalue weighted by molar-refractivity contribution is 6.08. The van der Waals surface area contributed by atoms with Crippen LogP contribution in [0.5, 0.6) is 5.75 Å². The molecule has 1 N–H and O–H groups in total. The summed E-state index contributed by atoms with van der Waals surface area (Å²) in [4.78, 5) is 26.3. The van der Waals surface area contributed by atoms with E-state index in [0.717, 1.165) is 22.4 Å². The number of nitrogens with zero attached hydrogens (tertiary/aromatic N) is 3. The fourth-order valence-electron chi connectivity index (χ4n) is 3.12. The second-order valence-corrected chi connectivity index (χ2v) is 6.97. The average Bonchev–Trinajstić information content (AvgIpc) is 2.81. The molecule has 6 nitrogen and oxygen atoms in total. The van der Waals surface area contributed by atoms with Crippen molar-refractivity contribution in [2.24, 2.45) is 0 Å². The number of amides is 1. The third kappa shape index (κ3) is 4.75. The van der Waals surface area contributed by atoms with Crippen LogP contribution in [0.15, 0.2) is 79.3 Å². The minimum absolute atomic E-state index is 0.286. The molecule has 0 saturated carbocycles. The number of carbonyl (C=O) groups is 1. The Morgan fingerprint density at radius 3 is 2.32 bits per heavy atom. The minimum atomic E-state index is -0.286. The van der Waals surface area contributed by atoms with Gasteiger partial charge in [0.1, 0.15) is 5.75 Å². The molecule has 4 rings (SSSR count). The van der Waals surface area contributed by atoms with Gasteiger partial charge < -0.3 is 10.1 Å². The zero-order chi connectivity index (χ0) is 21.6. The molecule has 4 aromatic rings. The van der Waals surface area contributed by atoms with Crippen LogP contribution in [0.2, 0.25) is 0 Å². The van der Waals surface area contributed by atoms with Gasteiger partial charge in [-0.25, -0.2) is 9.97 Å². The van der Waals surface area contributed by atoms with Gasteiger partial charge in [-0.15, -0.1) is 0 Å². The van der Waals surface area contributed by atoms with Crippen molar-refractivity contribution in [1.29, 1.82) is 0 Å². The highest BCUT2D eigenvalue weighted by Gasteiger charge is 2.17. The molecule has 0 spiro atoms. The van der Waals surface area contributed by atoms with Crippen LogP contribution in [0, 0.1) is 6.92 Å². The van der Waals surface area contributed by atoms with E-state index in [2.05, 4.69) is 15.3 Å². The van der Waals surface area contributed by atoms with Crippen LogP contribution in [0.4, 0.5) is 5.69 Å². The van der Waals surface area contributed by atoms with Gasteiger partial charge in [0.2, 0.25) is 0 Å². The Labute approximate surface area is 181 Å². The van der Waals surface area contributed by atoms with Crippen LogP contribution >= 0.6 is 0 Å². The van der Waals surface area contributed by atoms with Crippen molar-refractivity contribution >= 4 is 11.6 Å². The highest BCUT2D eigenvalue weighted by Crippen LogP contribution is 2.25. The monoisotopic (exact) mass is 410 g/mol. The number of benzene rings is 2. The molecule has 0 atom stereocenters. The number of rotatable bonds is 6. The predicted octanol–water partition coefficient (Wildman–Crippen LogP) is 5.17. The number of hydrogen-bond acceptors (Lipinski definition) is 5. The molecule has 0 aliphatic heterocycles. The molecule has 0 aliphatic rings. The summed E-state index contributed by atoms with van der Waals surface area (Å²) in [6, 6.07) is 18.9. The first-order valence-electron chi connectivity index (χ1n) is 10.0. The Hall–Kier alpha value is -4.06. The smallest absolute Gasteiger partial charge is 0.259 e. The van der Waals surface area contributed by atoms with Gasteiger partial charge in [-0.3, -0.25) is 9.78 Å². The number of carbonyl (C=O) groups excluding carboxylic acids is 1. The van der Waals surface area contributed by atoms with Crippen molar-refractivity contribution in [1.82, 2.24) is 15.0 Å². The number of aromatic nitrogens is 3. The summed E-state index contributed by atoms with van der Waals surface area (Å²) in [5.74, 6) is 1.03. The maximum atomic E-state index is 13.1. The van der Waals surface area contributed by atoms with Crippen LogP contribution in [0.3, 0.4) is 0 Å². The standard InChI is InChI=1S/C25H22N4O2/c1-3-31-21-10-8-20(9-11-21)28-25(30)22-16-27-24(19-6-4-17(2)5-7-19)29-23(22)18-12-14-26-15-13-18/h4-16H,3H2,1-2H3,(H,28,30). The SMILES string of the molecule is CCOc1ccc(NC(=O)c2cnc(-c3ccc(C)cc3)nc2-c2ccncc2)cc1. The van der Waals surface area contributed by atoms with Crippen molar-refractivity contribution < 1.29 is 9.53 Å². The lowest BCUT2D eigenvalue weighted by Crippen LogP contribution is -2.15. The van der Waals surface area contributed by atoms with E-state index in [1.807, 2.05) is 62.4 Å². The number of anilines is 1. The normalized spacial score (nSPS) is 10.5. The quantitative estimate of drug-likeness (QED) is 0.475. The van der Waals surface area contributed by atoms with Gasteiger partial charge >= 0.3 is 0 Å². The fraction of sp³-hybridized carbons (Fsp3) is 0.120. The molecule has 2 aromatic heterocycles. The highest BCUT2D eigenvalue weighted by atomic mass is 16.5. The molecule has 154 valence electrons. The number of nitrogens with one attached hydrogen (secondary N) is 1. The number of hydrogen-bond donors (Lipinski definition) is 1. The van der Waals surface area contributed by atoms with Crippen molar-refractivity contribution in [2.75, 3.05) is 11.9 Å². The average molecular weight is 410 g/mol. The summed E-state index contributed by atoms with van der Waals surface area (Å²) >= 11 is 0. The third-order valence-corrected chi connectivity index (χ3v) is 4.72. The van der Waals surface area contributed by atoms with E-state index in [1.54, 1.807) is 30.7 Å². The third-order valence-electron chi connectivity index (χ3n) is 4.72. The number of pyridine rings is 1. The zero-order valence-electron chi connectivity index (χ0n) is 17.4. The summed E-state index contributed by atoms with van der Waals surface area (Å²) in [5, 5.41) is 2.91. The summed E-state index contributed by atoms with van der Waals surface area (Å²) in [5.41, 5.74) is 4.44. The number of aryl methyl sites for hydroxylation is 1. The van der Waals surface area contributed by atoms with Gasteiger partial charge in [0.05, 0.1) is 17.9 Å². The lowest BCUT2D eigenvalue weighted by molar-refractivity contribution is 0.102. The molecule has 31 heavy (non-hydrogen) atoms. The van der Waals surface area contributed by atoms with E-state index in [0.29, 0.717) is 29.4 Å². The van der Waals surface area contributed by atoms with Crippen LogP contribution in [0.25, 0.3) is 22.6 Å². The van der Waals surface area contributed by atoms with Crippen molar-refractivity contribution in [3.63, 3.8) is 0 Å². The fourth-order valence-corrected chi connectivity index (χ4v) is 3.12. The van der Waals surface area contributed by atoms with Gasteiger partial charge in [-0.05, 0) is 50.2 Å². The molecule has 0 radical (unpaired) electrons. The minimum Gasteiger partial charge on any atom is -0.494 e. The Morgan fingerprint density at radius 2 is 1.65 bits per heavy atom. The van der Waals surface area contributed by atoms with Crippen LogP contribution in [0.1, 0.15) is 22.8 Å². The van der Waals surface area contributed by atoms with E-state index < -0.39 is 0 Å². The Bertz CT molecular complexity index is 1170. The van der Waals surface area contributed by atoms with Crippen molar-refractivity contribution in [2.45, 2.75) is 13.8 Å². The maximum absolute atomic E-state index is 13.1. The largest absolute Gasteiger partial charge is 0.494 e. The molecule has 1 amide bonds. The van der Waals surface area contributed by atoms with Gasteiger partial charge in [-0.2, -0.15) is 0 Å². The van der Waals surface area contributed by atoms with Crippen molar-refractivity contribution in [3.05, 3.63) is 90.4 Å². The van der Waals surface area contributed by atoms with E-state index in [1.165, 1.54) is 0 Å². The van der Waals surface area contributed by atoms with Gasteiger partial charge in [0.25, 0.3) is 5.91 Å². The van der Waals surface area contributed by atoms with Gasteiger partial charge in [0, 0.05) is 35.4 Å². The Balaban J connectivity index is 1.69. The van der Waals surface area contributed by atoms with E-state index in [9.17, 15) is 4.79 Å². The first kappa shape index (κ1) is 20.2. The molecule has 0 unspecified atom stereocenters. The van der Waals surface area contributed by atoms with Gasteiger partial charge in [-0.1, -0.05) is 29.8 Å². The predicted molar refractivity (Wildman–Crippen MR) is 121 cm³/mol. The lowest BCUT2D eigenvalue weighted by atomic mass is 10.1. The summed E-state index contributed by atoms with van der Waals surface area (Å²) < 4.78 is 5.45. The van der Waals surface area contributed by atoms with Crippen LogP contribution in [-0.2, 0) is 0 Å². The molecule has 0 aliphatic carbocycles.